The number of aromatic nitrogens is 2. The lowest BCUT2D eigenvalue weighted by Gasteiger charge is -2.03. The lowest BCUT2D eigenvalue weighted by molar-refractivity contribution is 0.426. The molecule has 0 spiro atoms. The van der Waals surface area contributed by atoms with Gasteiger partial charge in [0, 0.05) is 11.9 Å². The Bertz CT molecular complexity index is 482. The van der Waals surface area contributed by atoms with Crippen molar-refractivity contribution in [3.05, 3.63) is 24.4 Å². The molecule has 2 aromatic rings. The summed E-state index contributed by atoms with van der Waals surface area (Å²) in [5.41, 5.74) is 1.54. The molecule has 0 saturated heterocycles. The van der Waals surface area contributed by atoms with Crippen molar-refractivity contribution in [1.82, 2.24) is 9.78 Å². The molecule has 1 aromatic heterocycles. The van der Waals surface area contributed by atoms with Gasteiger partial charge in [-0.05, 0) is 17.9 Å². The van der Waals surface area contributed by atoms with Crippen LogP contribution in [0.3, 0.4) is 0 Å². The number of aryl methyl sites for hydroxylation is 1. The largest absolute Gasteiger partial charge is 0.488 e. The predicted octanol–water partition coefficient (Wildman–Crippen LogP) is 0.516. The normalized spacial score (nSPS) is 10.9. The van der Waals surface area contributed by atoms with Crippen LogP contribution in [0.25, 0.3) is 10.9 Å². The average molecular weight is 218 g/mol. The summed E-state index contributed by atoms with van der Waals surface area (Å²) in [5.74, 6) is 0. The molecule has 0 aliphatic rings. The summed E-state index contributed by atoms with van der Waals surface area (Å²) in [5, 5.41) is 23.4. The third kappa shape index (κ3) is 2.10. The van der Waals surface area contributed by atoms with Crippen molar-refractivity contribution in [2.75, 3.05) is 0 Å². The van der Waals surface area contributed by atoms with Gasteiger partial charge in [0.25, 0.3) is 0 Å². The van der Waals surface area contributed by atoms with Crippen LogP contribution in [-0.4, -0.2) is 26.9 Å². The van der Waals surface area contributed by atoms with Crippen LogP contribution in [-0.2, 0) is 6.54 Å². The molecule has 5 heteroatoms. The van der Waals surface area contributed by atoms with E-state index in [1.807, 2.05) is 10.7 Å². The number of rotatable bonds is 4. The summed E-state index contributed by atoms with van der Waals surface area (Å²) >= 11 is 0. The third-order valence-electron chi connectivity index (χ3n) is 2.69. The molecular weight excluding hydrogens is 203 g/mol. The highest BCUT2D eigenvalue weighted by molar-refractivity contribution is 6.58. The fourth-order valence-corrected chi connectivity index (χ4v) is 1.75. The lowest BCUT2D eigenvalue weighted by atomic mass is 9.80. The van der Waals surface area contributed by atoms with Crippen molar-refractivity contribution in [1.29, 1.82) is 0 Å². The molecule has 0 amide bonds. The second kappa shape index (κ2) is 4.68. The van der Waals surface area contributed by atoms with Crippen molar-refractivity contribution in [2.45, 2.75) is 26.3 Å². The van der Waals surface area contributed by atoms with Gasteiger partial charge in [0.15, 0.2) is 0 Å². The van der Waals surface area contributed by atoms with Crippen LogP contribution in [0.5, 0.6) is 0 Å². The van der Waals surface area contributed by atoms with Crippen LogP contribution in [0.4, 0.5) is 0 Å². The third-order valence-corrected chi connectivity index (χ3v) is 2.69. The molecule has 2 N–H and O–H groups in total. The smallest absolute Gasteiger partial charge is 0.423 e. The van der Waals surface area contributed by atoms with E-state index in [2.05, 4.69) is 12.0 Å². The summed E-state index contributed by atoms with van der Waals surface area (Å²) in [6.45, 7) is 3.05. The highest BCUT2D eigenvalue weighted by Crippen LogP contribution is 2.12. The zero-order valence-corrected chi connectivity index (χ0v) is 9.30. The van der Waals surface area contributed by atoms with Crippen LogP contribution >= 0.6 is 0 Å². The Morgan fingerprint density at radius 1 is 1.38 bits per heavy atom. The molecular formula is C11H15BN2O2. The second-order valence-electron chi connectivity index (χ2n) is 3.91. The van der Waals surface area contributed by atoms with Crippen molar-refractivity contribution in [3.63, 3.8) is 0 Å². The summed E-state index contributed by atoms with van der Waals surface area (Å²) < 4.78 is 1.95. The first-order chi connectivity index (χ1) is 7.72. The molecule has 0 saturated carbocycles. The predicted molar refractivity (Wildman–Crippen MR) is 64.5 cm³/mol. The number of hydrogen-bond donors (Lipinski definition) is 2. The maximum absolute atomic E-state index is 9.06. The second-order valence-corrected chi connectivity index (χ2v) is 3.91. The Balaban J connectivity index is 2.35. The Kier molecular flexibility index (Phi) is 3.26. The van der Waals surface area contributed by atoms with E-state index < -0.39 is 7.12 Å². The van der Waals surface area contributed by atoms with Crippen LogP contribution in [0.15, 0.2) is 24.4 Å². The van der Waals surface area contributed by atoms with Gasteiger partial charge >= 0.3 is 7.12 Å². The molecule has 1 aromatic carbocycles. The Hall–Kier alpha value is -1.33. The molecule has 84 valence electrons. The molecule has 0 aliphatic carbocycles. The molecule has 2 rings (SSSR count). The Labute approximate surface area is 94.7 Å². The van der Waals surface area contributed by atoms with Crippen molar-refractivity contribution < 1.29 is 10.0 Å². The average Bonchev–Trinajstić information content (AvgIpc) is 2.68. The van der Waals surface area contributed by atoms with E-state index in [9.17, 15) is 0 Å². The molecule has 4 nitrogen and oxygen atoms in total. The summed E-state index contributed by atoms with van der Waals surface area (Å²) in [6, 6.07) is 5.36. The van der Waals surface area contributed by atoms with Crippen LogP contribution in [0.1, 0.15) is 19.8 Å². The van der Waals surface area contributed by atoms with Crippen molar-refractivity contribution in [3.8, 4) is 0 Å². The first kappa shape index (κ1) is 11.2. The van der Waals surface area contributed by atoms with Gasteiger partial charge in [0.05, 0.1) is 11.7 Å². The van der Waals surface area contributed by atoms with Gasteiger partial charge in [-0.3, -0.25) is 4.68 Å². The van der Waals surface area contributed by atoms with E-state index in [1.54, 1.807) is 18.3 Å². The Morgan fingerprint density at radius 2 is 2.19 bits per heavy atom. The van der Waals surface area contributed by atoms with Crippen LogP contribution in [0, 0.1) is 0 Å². The fraction of sp³-hybridized carbons (Fsp3) is 0.364. The number of fused-ring (bicyclic) bond motifs is 1. The topological polar surface area (TPSA) is 58.3 Å². The molecule has 0 radical (unpaired) electrons. The zero-order valence-electron chi connectivity index (χ0n) is 9.30. The van der Waals surface area contributed by atoms with Crippen molar-refractivity contribution >= 4 is 23.5 Å². The van der Waals surface area contributed by atoms with E-state index in [1.165, 1.54) is 0 Å². The van der Waals surface area contributed by atoms with Gasteiger partial charge in [0.2, 0.25) is 0 Å². The monoisotopic (exact) mass is 218 g/mol. The van der Waals surface area contributed by atoms with E-state index in [0.717, 1.165) is 30.3 Å². The highest BCUT2D eigenvalue weighted by Gasteiger charge is 2.12. The minimum Gasteiger partial charge on any atom is -0.423 e. The molecule has 0 aliphatic heterocycles. The first-order valence-electron chi connectivity index (χ1n) is 5.54. The lowest BCUT2D eigenvalue weighted by Crippen LogP contribution is -2.29. The Morgan fingerprint density at radius 3 is 2.88 bits per heavy atom. The molecule has 0 fully saturated rings. The quantitative estimate of drug-likeness (QED) is 0.735. The maximum atomic E-state index is 9.06. The summed E-state index contributed by atoms with van der Waals surface area (Å²) in [6.07, 6.45) is 3.99. The minimum absolute atomic E-state index is 0.502. The van der Waals surface area contributed by atoms with E-state index in [-0.39, 0.29) is 0 Å². The van der Waals surface area contributed by atoms with Gasteiger partial charge < -0.3 is 10.0 Å². The fourth-order valence-electron chi connectivity index (χ4n) is 1.75. The van der Waals surface area contributed by atoms with Gasteiger partial charge in [-0.1, -0.05) is 25.5 Å². The zero-order chi connectivity index (χ0) is 11.5. The van der Waals surface area contributed by atoms with E-state index in [0.29, 0.717) is 5.46 Å². The SMILES string of the molecule is CCCCn1ncc2cc(B(O)O)ccc21. The van der Waals surface area contributed by atoms with E-state index in [4.69, 9.17) is 10.0 Å². The van der Waals surface area contributed by atoms with Crippen molar-refractivity contribution in [2.24, 2.45) is 0 Å². The molecule has 0 unspecified atom stereocenters. The van der Waals surface area contributed by atoms with Crippen LogP contribution in [0.2, 0.25) is 0 Å². The summed E-state index contributed by atoms with van der Waals surface area (Å²) in [7, 11) is -1.41. The number of unbranched alkanes of at least 4 members (excludes halogenated alkanes) is 1. The van der Waals surface area contributed by atoms with Gasteiger partial charge in [0.1, 0.15) is 0 Å². The maximum Gasteiger partial charge on any atom is 0.488 e. The number of benzene rings is 1. The van der Waals surface area contributed by atoms with Crippen LogP contribution < -0.4 is 5.46 Å². The molecule has 1 heterocycles. The first-order valence-corrected chi connectivity index (χ1v) is 5.54. The van der Waals surface area contributed by atoms with E-state index >= 15 is 0 Å². The molecule has 0 bridgehead atoms. The minimum atomic E-state index is -1.41. The standard InChI is InChI=1S/C11H15BN2O2/c1-2-3-6-14-11-5-4-10(12(15)16)7-9(11)8-13-14/h4-5,7-8,15-16H,2-3,6H2,1H3. The molecule has 16 heavy (non-hydrogen) atoms. The van der Waals surface area contributed by atoms with Gasteiger partial charge in [-0.15, -0.1) is 0 Å². The van der Waals surface area contributed by atoms with Gasteiger partial charge in [-0.2, -0.15) is 5.10 Å². The van der Waals surface area contributed by atoms with Gasteiger partial charge in [-0.25, -0.2) is 0 Å². The molecule has 0 atom stereocenters. The summed E-state index contributed by atoms with van der Waals surface area (Å²) in [4.78, 5) is 0. The highest BCUT2D eigenvalue weighted by atomic mass is 16.4. The number of nitrogens with zero attached hydrogens (tertiary/aromatic N) is 2. The number of hydrogen-bond acceptors (Lipinski definition) is 3.